The molecule has 0 aromatic heterocycles. The first kappa shape index (κ1) is 28.1. The monoisotopic (exact) mass is 404 g/mol. The second-order valence-electron chi connectivity index (χ2n) is 5.82. The highest BCUT2D eigenvalue weighted by atomic mass is 16.5. The highest BCUT2D eigenvalue weighted by Gasteiger charge is 1.95. The fourth-order valence-corrected chi connectivity index (χ4v) is 1.55. The number of unbranched alkanes of at least 4 members (excludes halogenated alkanes) is 3. The molecule has 0 radical (unpaired) electrons. The van der Waals surface area contributed by atoms with Crippen molar-refractivity contribution in [1.82, 2.24) is 0 Å². The van der Waals surface area contributed by atoms with Gasteiger partial charge >= 0.3 is 17.9 Å². The number of carboxylic acid groups (broad SMARTS) is 1. The molecule has 0 aliphatic heterocycles. The molecule has 0 saturated carbocycles. The van der Waals surface area contributed by atoms with E-state index in [0.717, 1.165) is 24.5 Å². The molecule has 0 unspecified atom stereocenters. The number of esters is 2. The van der Waals surface area contributed by atoms with Crippen LogP contribution in [-0.4, -0.2) is 29.6 Å². The summed E-state index contributed by atoms with van der Waals surface area (Å²) in [5.74, 6) is -1.64. The predicted octanol–water partition coefficient (Wildman–Crippen LogP) is 4.86. The van der Waals surface area contributed by atoms with Gasteiger partial charge in [-0.25, -0.2) is 14.4 Å². The minimum Gasteiger partial charge on any atom is -0.478 e. The van der Waals surface area contributed by atoms with Crippen molar-refractivity contribution in [2.24, 2.45) is 0 Å². The van der Waals surface area contributed by atoms with Gasteiger partial charge in [0.1, 0.15) is 6.61 Å². The number of benzene rings is 1. The van der Waals surface area contributed by atoms with E-state index >= 15 is 0 Å². The van der Waals surface area contributed by atoms with Gasteiger partial charge in [0.2, 0.25) is 0 Å². The van der Waals surface area contributed by atoms with Crippen molar-refractivity contribution in [3.05, 3.63) is 73.4 Å². The van der Waals surface area contributed by atoms with Crippen LogP contribution in [0.15, 0.2) is 67.8 Å². The van der Waals surface area contributed by atoms with Crippen molar-refractivity contribution in [2.75, 3.05) is 6.61 Å². The fourth-order valence-electron chi connectivity index (χ4n) is 1.55. The van der Waals surface area contributed by atoms with Crippen LogP contribution in [-0.2, 0) is 30.5 Å². The predicted molar refractivity (Wildman–Crippen MR) is 114 cm³/mol. The lowest BCUT2D eigenvalue weighted by Gasteiger charge is -2.00. The number of hydrogen-bond donors (Lipinski definition) is 1. The first-order chi connectivity index (χ1) is 13.8. The van der Waals surface area contributed by atoms with Gasteiger partial charge in [0.05, 0.1) is 6.61 Å². The van der Waals surface area contributed by atoms with Crippen molar-refractivity contribution in [1.29, 1.82) is 0 Å². The van der Waals surface area contributed by atoms with Crippen LogP contribution in [0.1, 0.15) is 45.1 Å². The molecule has 0 aliphatic carbocycles. The topological polar surface area (TPSA) is 89.9 Å². The molecule has 0 atom stereocenters. The summed E-state index contributed by atoms with van der Waals surface area (Å²) < 4.78 is 9.60. The van der Waals surface area contributed by atoms with Gasteiger partial charge in [-0.05, 0) is 18.9 Å². The Kier molecular flexibility index (Phi) is 19.0. The summed E-state index contributed by atoms with van der Waals surface area (Å²) in [4.78, 5) is 30.7. The van der Waals surface area contributed by atoms with Gasteiger partial charge in [0.15, 0.2) is 0 Å². The molecular weight excluding hydrogens is 372 g/mol. The van der Waals surface area contributed by atoms with Gasteiger partial charge in [-0.1, -0.05) is 76.3 Å². The molecule has 0 spiro atoms. The third kappa shape index (κ3) is 21.0. The third-order valence-corrected chi connectivity index (χ3v) is 3.16. The average molecular weight is 405 g/mol. The molecular formula is C23H32O6. The summed E-state index contributed by atoms with van der Waals surface area (Å²) in [5, 5.41) is 7.89. The Morgan fingerprint density at radius 1 is 0.966 bits per heavy atom. The summed E-state index contributed by atoms with van der Waals surface area (Å²) in [6, 6.07) is 9.51. The van der Waals surface area contributed by atoms with E-state index in [4.69, 9.17) is 14.6 Å². The van der Waals surface area contributed by atoms with E-state index < -0.39 is 5.97 Å². The fraction of sp³-hybridized carbons (Fsp3) is 0.348. The van der Waals surface area contributed by atoms with Crippen molar-refractivity contribution >= 4 is 17.9 Å². The zero-order chi connectivity index (χ0) is 22.5. The second-order valence-corrected chi connectivity index (χ2v) is 5.82. The van der Waals surface area contributed by atoms with E-state index in [9.17, 15) is 14.4 Å². The summed E-state index contributed by atoms with van der Waals surface area (Å²) in [7, 11) is 0. The van der Waals surface area contributed by atoms with Crippen LogP contribution in [0.25, 0.3) is 0 Å². The molecule has 160 valence electrons. The number of aliphatic carboxylic acids is 1. The van der Waals surface area contributed by atoms with Gasteiger partial charge in [0, 0.05) is 17.7 Å². The third-order valence-electron chi connectivity index (χ3n) is 3.16. The molecule has 1 rings (SSSR count). The molecule has 0 fully saturated rings. The Balaban J connectivity index is 0. The summed E-state index contributed by atoms with van der Waals surface area (Å²) >= 11 is 0. The van der Waals surface area contributed by atoms with E-state index in [1.807, 2.05) is 30.3 Å². The van der Waals surface area contributed by atoms with Gasteiger partial charge in [-0.2, -0.15) is 0 Å². The smallest absolute Gasteiger partial charge is 0.330 e. The molecule has 6 nitrogen and oxygen atoms in total. The van der Waals surface area contributed by atoms with E-state index in [0.29, 0.717) is 13.2 Å². The SMILES string of the molecule is C=C(C)C(=O)O.C=CC(=O)OCCCCCC.C=CC(=O)OCc1ccccc1. The van der Waals surface area contributed by atoms with E-state index in [2.05, 4.69) is 26.7 Å². The normalized spacial score (nSPS) is 8.76. The standard InChI is InChI=1S/C10H10O2.C9H16O2.C4H6O2/c1-2-10(11)12-8-9-6-4-3-5-7-9;1-3-5-6-7-8-11-9(10)4-2;1-3(2)4(5)6/h2-7H,1,8H2;4H,2-3,5-8H2,1H3;1H2,2H3,(H,5,6). The Bertz CT molecular complexity index is 622. The maximum atomic E-state index is 10.6. The lowest BCUT2D eigenvalue weighted by Crippen LogP contribution is -2.01. The highest BCUT2D eigenvalue weighted by molar-refractivity contribution is 5.84. The summed E-state index contributed by atoms with van der Waals surface area (Å²) in [6.07, 6.45) is 6.87. The van der Waals surface area contributed by atoms with E-state index in [1.54, 1.807) is 0 Å². The van der Waals surface area contributed by atoms with Crippen LogP contribution < -0.4 is 0 Å². The van der Waals surface area contributed by atoms with Gasteiger partial charge < -0.3 is 14.6 Å². The Morgan fingerprint density at radius 2 is 1.48 bits per heavy atom. The van der Waals surface area contributed by atoms with Crippen LogP contribution in [0.3, 0.4) is 0 Å². The molecule has 0 bridgehead atoms. The van der Waals surface area contributed by atoms with E-state index in [1.165, 1.54) is 25.8 Å². The van der Waals surface area contributed by atoms with Gasteiger partial charge in [-0.3, -0.25) is 0 Å². The average Bonchev–Trinajstić information content (AvgIpc) is 2.73. The lowest BCUT2D eigenvalue weighted by molar-refractivity contribution is -0.139. The number of carbonyl (C=O) groups excluding carboxylic acids is 2. The van der Waals surface area contributed by atoms with Crippen molar-refractivity contribution in [3.63, 3.8) is 0 Å². The zero-order valence-electron chi connectivity index (χ0n) is 17.4. The van der Waals surface area contributed by atoms with Gasteiger partial charge in [0.25, 0.3) is 0 Å². The van der Waals surface area contributed by atoms with Crippen LogP contribution >= 0.6 is 0 Å². The minimum absolute atomic E-state index is 0.176. The number of carbonyl (C=O) groups is 3. The Morgan fingerprint density at radius 3 is 1.93 bits per heavy atom. The Hall–Kier alpha value is -3.15. The largest absolute Gasteiger partial charge is 0.478 e. The second kappa shape index (κ2) is 19.6. The van der Waals surface area contributed by atoms with Gasteiger partial charge in [-0.15, -0.1) is 0 Å². The maximum absolute atomic E-state index is 10.6. The number of carboxylic acids is 1. The highest BCUT2D eigenvalue weighted by Crippen LogP contribution is 2.00. The number of ether oxygens (including phenoxy) is 2. The van der Waals surface area contributed by atoms with Crippen molar-refractivity contribution in [3.8, 4) is 0 Å². The molecule has 1 N–H and O–H groups in total. The molecule has 0 aliphatic rings. The Labute approximate surface area is 173 Å². The molecule has 6 heteroatoms. The summed E-state index contributed by atoms with van der Waals surface area (Å²) in [5.41, 5.74) is 1.16. The quantitative estimate of drug-likeness (QED) is 0.340. The van der Waals surface area contributed by atoms with Crippen LogP contribution in [0.5, 0.6) is 0 Å². The molecule has 0 heterocycles. The molecule has 1 aromatic rings. The molecule has 29 heavy (non-hydrogen) atoms. The summed E-state index contributed by atoms with van der Waals surface area (Å²) in [6.45, 7) is 14.2. The van der Waals surface area contributed by atoms with Crippen molar-refractivity contribution < 1.29 is 29.0 Å². The maximum Gasteiger partial charge on any atom is 0.330 e. The van der Waals surface area contributed by atoms with Crippen LogP contribution in [0, 0.1) is 0 Å². The zero-order valence-corrected chi connectivity index (χ0v) is 17.4. The molecule has 1 aromatic carbocycles. The van der Waals surface area contributed by atoms with Crippen LogP contribution in [0.2, 0.25) is 0 Å². The van der Waals surface area contributed by atoms with Crippen molar-refractivity contribution in [2.45, 2.75) is 46.1 Å². The van der Waals surface area contributed by atoms with E-state index in [-0.39, 0.29) is 17.5 Å². The van der Waals surface area contributed by atoms with Crippen LogP contribution in [0.4, 0.5) is 0 Å². The lowest BCUT2D eigenvalue weighted by atomic mass is 10.2. The first-order valence-electron chi connectivity index (χ1n) is 9.29. The first-order valence-corrected chi connectivity index (χ1v) is 9.29. The molecule has 0 saturated heterocycles. The minimum atomic E-state index is -0.935. The number of hydrogen-bond acceptors (Lipinski definition) is 5. The number of rotatable bonds is 10. The molecule has 0 amide bonds.